The summed E-state index contributed by atoms with van der Waals surface area (Å²) in [4.78, 5) is 0. The largest absolute Gasteiger partial charge is 0.494 e. The van der Waals surface area contributed by atoms with Crippen molar-refractivity contribution < 1.29 is 13.2 Å². The van der Waals surface area contributed by atoms with E-state index in [1.54, 1.807) is 18.2 Å². The number of benzene rings is 1. The van der Waals surface area contributed by atoms with E-state index in [9.17, 15) is 8.42 Å². The molecule has 0 fully saturated rings. The van der Waals surface area contributed by atoms with Crippen LogP contribution in [0.4, 0.5) is 5.69 Å². The number of ether oxygens (including phenoxy) is 1. The van der Waals surface area contributed by atoms with E-state index in [-0.39, 0.29) is 5.75 Å². The highest BCUT2D eigenvalue weighted by molar-refractivity contribution is 7.90. The maximum Gasteiger partial charge on any atom is 0.147 e. The topological polar surface area (TPSA) is 69.4 Å². The average Bonchev–Trinajstić information content (AvgIpc) is 2.17. The van der Waals surface area contributed by atoms with Crippen LogP contribution < -0.4 is 10.5 Å². The average molecular weight is 264 g/mol. The Balaban J connectivity index is 2.41. The first-order valence-corrected chi connectivity index (χ1v) is 7.18. The summed E-state index contributed by atoms with van der Waals surface area (Å²) < 4.78 is 27.0. The van der Waals surface area contributed by atoms with Crippen LogP contribution in [0.1, 0.15) is 6.42 Å². The van der Waals surface area contributed by atoms with Gasteiger partial charge in [-0.2, -0.15) is 0 Å². The third kappa shape index (κ3) is 4.72. The van der Waals surface area contributed by atoms with Gasteiger partial charge in [0.05, 0.1) is 23.1 Å². The summed E-state index contributed by atoms with van der Waals surface area (Å²) in [6, 6.07) is 4.95. The summed E-state index contributed by atoms with van der Waals surface area (Å²) in [6.45, 7) is 0.341. The molecule has 1 aromatic rings. The Labute approximate surface area is 100 Å². The third-order valence-corrected chi connectivity index (χ3v) is 3.26. The van der Waals surface area contributed by atoms with Crippen molar-refractivity contribution in [3.05, 3.63) is 23.2 Å². The number of sulfone groups is 1. The van der Waals surface area contributed by atoms with Gasteiger partial charge in [-0.25, -0.2) is 8.42 Å². The smallest absolute Gasteiger partial charge is 0.147 e. The summed E-state index contributed by atoms with van der Waals surface area (Å²) in [6.07, 6.45) is 1.66. The molecule has 0 bridgehead atoms. The number of nitrogens with two attached hydrogens (primary N) is 1. The van der Waals surface area contributed by atoms with E-state index >= 15 is 0 Å². The second-order valence-electron chi connectivity index (χ2n) is 3.52. The second-order valence-corrected chi connectivity index (χ2v) is 6.18. The van der Waals surface area contributed by atoms with E-state index in [4.69, 9.17) is 22.1 Å². The minimum atomic E-state index is -2.92. The van der Waals surface area contributed by atoms with E-state index in [1.165, 1.54) is 6.26 Å². The van der Waals surface area contributed by atoms with Crippen LogP contribution in [0, 0.1) is 0 Å². The molecule has 0 aliphatic rings. The van der Waals surface area contributed by atoms with Crippen molar-refractivity contribution in [2.75, 3.05) is 24.3 Å². The molecule has 90 valence electrons. The van der Waals surface area contributed by atoms with Crippen LogP contribution >= 0.6 is 11.6 Å². The summed E-state index contributed by atoms with van der Waals surface area (Å²) in [5.74, 6) is 0.711. The Bertz CT molecular complexity index is 459. The molecular formula is C10H14ClNO3S. The summed E-state index contributed by atoms with van der Waals surface area (Å²) in [5.41, 5.74) is 6.02. The van der Waals surface area contributed by atoms with E-state index in [1.807, 2.05) is 0 Å². The highest BCUT2D eigenvalue weighted by Gasteiger charge is 2.03. The van der Waals surface area contributed by atoms with Crippen molar-refractivity contribution in [3.8, 4) is 5.75 Å². The molecule has 1 rings (SSSR count). The first kappa shape index (κ1) is 13.1. The number of halogens is 1. The molecule has 0 heterocycles. The van der Waals surface area contributed by atoms with Gasteiger partial charge in [0.1, 0.15) is 15.6 Å². The molecular weight excluding hydrogens is 250 g/mol. The van der Waals surface area contributed by atoms with E-state index in [0.717, 1.165) is 0 Å². The van der Waals surface area contributed by atoms with Crippen molar-refractivity contribution in [3.63, 3.8) is 0 Å². The summed E-state index contributed by atoms with van der Waals surface area (Å²) in [5, 5.41) is 0.431. The zero-order valence-electron chi connectivity index (χ0n) is 8.94. The van der Waals surface area contributed by atoms with Crippen LogP contribution in [0.5, 0.6) is 5.75 Å². The molecule has 0 amide bonds. The molecule has 2 N–H and O–H groups in total. The van der Waals surface area contributed by atoms with Gasteiger partial charge < -0.3 is 10.5 Å². The van der Waals surface area contributed by atoms with Gasteiger partial charge in [-0.3, -0.25) is 0 Å². The molecule has 0 spiro atoms. The fourth-order valence-corrected chi connectivity index (χ4v) is 1.92. The van der Waals surface area contributed by atoms with Crippen molar-refractivity contribution in [2.24, 2.45) is 0 Å². The van der Waals surface area contributed by atoms with Crippen molar-refractivity contribution in [2.45, 2.75) is 6.42 Å². The molecule has 6 heteroatoms. The number of nitrogen functional groups attached to an aromatic ring is 1. The first-order chi connectivity index (χ1) is 7.38. The number of hydrogen-bond acceptors (Lipinski definition) is 4. The lowest BCUT2D eigenvalue weighted by Gasteiger charge is -2.06. The van der Waals surface area contributed by atoms with Crippen molar-refractivity contribution in [1.82, 2.24) is 0 Å². The quantitative estimate of drug-likeness (QED) is 0.649. The van der Waals surface area contributed by atoms with E-state index in [0.29, 0.717) is 29.5 Å². The van der Waals surface area contributed by atoms with Gasteiger partial charge in [0, 0.05) is 12.3 Å². The molecule has 0 atom stereocenters. The number of anilines is 1. The molecule has 1 aromatic carbocycles. The lowest BCUT2D eigenvalue weighted by atomic mass is 10.3. The van der Waals surface area contributed by atoms with Gasteiger partial charge in [-0.1, -0.05) is 11.6 Å². The van der Waals surface area contributed by atoms with E-state index < -0.39 is 9.84 Å². The normalized spacial score (nSPS) is 11.4. The second kappa shape index (κ2) is 5.41. The molecule has 4 nitrogen and oxygen atoms in total. The Kier molecular flexibility index (Phi) is 4.44. The Morgan fingerprint density at radius 2 is 2.12 bits per heavy atom. The fourth-order valence-electron chi connectivity index (χ4n) is 1.11. The van der Waals surface area contributed by atoms with Crippen LogP contribution in [0.15, 0.2) is 18.2 Å². The molecule has 0 aliphatic heterocycles. The number of hydrogen-bond donors (Lipinski definition) is 1. The Morgan fingerprint density at radius 1 is 1.44 bits per heavy atom. The standard InChI is InChI=1S/C10H14ClNO3S/c1-16(13,14)6-2-5-15-8-3-4-10(12)9(11)7-8/h3-4,7H,2,5-6,12H2,1H3. The van der Waals surface area contributed by atoms with Crippen molar-refractivity contribution in [1.29, 1.82) is 0 Å². The summed E-state index contributed by atoms with van der Waals surface area (Å²) in [7, 11) is -2.92. The molecule has 0 aromatic heterocycles. The van der Waals surface area contributed by atoms with Gasteiger partial charge in [0.15, 0.2) is 0 Å². The van der Waals surface area contributed by atoms with Crippen LogP contribution in [-0.4, -0.2) is 27.0 Å². The molecule has 0 radical (unpaired) electrons. The highest BCUT2D eigenvalue weighted by Crippen LogP contribution is 2.24. The molecule has 0 saturated carbocycles. The maximum absolute atomic E-state index is 10.8. The molecule has 0 aliphatic carbocycles. The first-order valence-electron chi connectivity index (χ1n) is 4.74. The lowest BCUT2D eigenvalue weighted by molar-refractivity contribution is 0.318. The lowest BCUT2D eigenvalue weighted by Crippen LogP contribution is -2.08. The van der Waals surface area contributed by atoms with E-state index in [2.05, 4.69) is 0 Å². The van der Waals surface area contributed by atoms with Gasteiger partial charge in [-0.15, -0.1) is 0 Å². The zero-order chi connectivity index (χ0) is 12.2. The Morgan fingerprint density at radius 3 is 2.69 bits per heavy atom. The van der Waals surface area contributed by atoms with Gasteiger partial charge in [0.25, 0.3) is 0 Å². The van der Waals surface area contributed by atoms with Crippen LogP contribution in [0.25, 0.3) is 0 Å². The Hall–Kier alpha value is -0.940. The van der Waals surface area contributed by atoms with Crippen LogP contribution in [0.3, 0.4) is 0 Å². The van der Waals surface area contributed by atoms with Gasteiger partial charge in [0.2, 0.25) is 0 Å². The number of rotatable bonds is 5. The third-order valence-electron chi connectivity index (χ3n) is 1.90. The minimum absolute atomic E-state index is 0.121. The van der Waals surface area contributed by atoms with Crippen molar-refractivity contribution >= 4 is 27.1 Å². The van der Waals surface area contributed by atoms with Crippen LogP contribution in [-0.2, 0) is 9.84 Å². The fraction of sp³-hybridized carbons (Fsp3) is 0.400. The molecule has 16 heavy (non-hydrogen) atoms. The van der Waals surface area contributed by atoms with Crippen LogP contribution in [0.2, 0.25) is 5.02 Å². The zero-order valence-corrected chi connectivity index (χ0v) is 10.5. The molecule has 0 saturated heterocycles. The monoisotopic (exact) mass is 263 g/mol. The van der Waals surface area contributed by atoms with Gasteiger partial charge in [-0.05, 0) is 18.6 Å². The predicted octanol–water partition coefficient (Wildman–Crippen LogP) is 1.74. The van der Waals surface area contributed by atoms with Gasteiger partial charge >= 0.3 is 0 Å². The predicted molar refractivity (Wildman–Crippen MR) is 65.7 cm³/mol. The highest BCUT2D eigenvalue weighted by atomic mass is 35.5. The molecule has 0 unspecified atom stereocenters. The minimum Gasteiger partial charge on any atom is -0.494 e. The maximum atomic E-state index is 10.8. The SMILES string of the molecule is CS(=O)(=O)CCCOc1ccc(N)c(Cl)c1. The summed E-state index contributed by atoms with van der Waals surface area (Å²) >= 11 is 5.80.